The zero-order valence-corrected chi connectivity index (χ0v) is 19.7. The van der Waals surface area contributed by atoms with Crippen molar-refractivity contribution in [1.29, 1.82) is 0 Å². The molecule has 9 nitrogen and oxygen atoms in total. The Labute approximate surface area is 212 Å². The molecule has 9 heteroatoms. The van der Waals surface area contributed by atoms with Gasteiger partial charge in [-0.15, -0.1) is 0 Å². The number of carboxylic acid groups (broad SMARTS) is 1. The van der Waals surface area contributed by atoms with E-state index >= 15 is 0 Å². The second-order valence-corrected chi connectivity index (χ2v) is 9.09. The van der Waals surface area contributed by atoms with E-state index in [9.17, 15) is 24.3 Å². The highest BCUT2D eigenvalue weighted by Gasteiger charge is 2.32. The van der Waals surface area contributed by atoms with Crippen molar-refractivity contribution >= 4 is 40.8 Å². The Morgan fingerprint density at radius 1 is 0.919 bits per heavy atom. The van der Waals surface area contributed by atoms with Gasteiger partial charge in [-0.3, -0.25) is 14.4 Å². The molecule has 0 spiro atoms. The number of nitrogens with two attached hydrogens (primary N) is 2. The van der Waals surface area contributed by atoms with Gasteiger partial charge >= 0.3 is 5.97 Å². The van der Waals surface area contributed by atoms with Crippen molar-refractivity contribution in [1.82, 2.24) is 5.32 Å². The molecule has 186 valence electrons. The number of anilines is 2. The van der Waals surface area contributed by atoms with Gasteiger partial charge in [-0.05, 0) is 41.0 Å². The van der Waals surface area contributed by atoms with Gasteiger partial charge in [0, 0.05) is 40.9 Å². The summed E-state index contributed by atoms with van der Waals surface area (Å²) in [6, 6.07) is 17.5. The van der Waals surface area contributed by atoms with Crippen LogP contribution in [0.25, 0.3) is 5.70 Å². The van der Waals surface area contributed by atoms with Gasteiger partial charge in [-0.2, -0.15) is 0 Å². The average molecular weight is 497 g/mol. The number of carbonyl (C=O) groups excluding carboxylic acids is 3. The normalized spacial score (nSPS) is 15.3. The van der Waals surface area contributed by atoms with Gasteiger partial charge in [0.15, 0.2) is 0 Å². The number of benzene rings is 3. The smallest absolute Gasteiger partial charge is 0.326 e. The molecule has 0 saturated carbocycles. The molecule has 0 bridgehead atoms. The van der Waals surface area contributed by atoms with E-state index in [-0.39, 0.29) is 18.7 Å². The van der Waals surface area contributed by atoms with Crippen LogP contribution >= 0.6 is 0 Å². The standard InChI is InChI=1S/C28H24N4O5/c29-18-8-7-17-13-24(33)32(27(35)21(17)14-18)19-9-5-15(6-10-19)11-23(28(36)37)31-26(34)22-12-16-3-1-2-4-20(16)25(22)30/h1-10,14,23H,11-13,29-30H2,(H,31,34)(H,36,37). The van der Waals surface area contributed by atoms with Gasteiger partial charge in [-0.1, -0.05) is 42.5 Å². The van der Waals surface area contributed by atoms with E-state index in [1.165, 1.54) is 0 Å². The zero-order valence-electron chi connectivity index (χ0n) is 19.7. The number of fused-ring (bicyclic) bond motifs is 2. The van der Waals surface area contributed by atoms with Crippen molar-refractivity contribution in [3.63, 3.8) is 0 Å². The van der Waals surface area contributed by atoms with Gasteiger partial charge in [0.1, 0.15) is 6.04 Å². The SMILES string of the molecule is NC1=C(C(=O)NC(Cc2ccc(N3C(=O)Cc4ccc(N)cc4C3=O)cc2)C(=O)O)Cc2ccccc21. The molecule has 0 radical (unpaired) electrons. The lowest BCUT2D eigenvalue weighted by atomic mass is 9.97. The number of carboxylic acids is 1. The molecule has 37 heavy (non-hydrogen) atoms. The number of imide groups is 1. The van der Waals surface area contributed by atoms with E-state index in [0.717, 1.165) is 16.0 Å². The number of rotatable bonds is 6. The number of aliphatic carboxylic acids is 1. The maximum absolute atomic E-state index is 13.0. The number of carbonyl (C=O) groups is 4. The van der Waals surface area contributed by atoms with Crippen LogP contribution in [-0.4, -0.2) is 34.8 Å². The summed E-state index contributed by atoms with van der Waals surface area (Å²) < 4.78 is 0. The van der Waals surface area contributed by atoms with Crippen molar-refractivity contribution < 1.29 is 24.3 Å². The van der Waals surface area contributed by atoms with Crippen molar-refractivity contribution in [2.75, 3.05) is 10.6 Å². The number of nitrogens with one attached hydrogen (secondary N) is 1. The largest absolute Gasteiger partial charge is 0.480 e. The maximum Gasteiger partial charge on any atom is 0.326 e. The minimum atomic E-state index is -1.20. The first kappa shape index (κ1) is 23.8. The average Bonchev–Trinajstić information content (AvgIpc) is 3.22. The third kappa shape index (κ3) is 4.42. The first-order valence-electron chi connectivity index (χ1n) is 11.7. The summed E-state index contributed by atoms with van der Waals surface area (Å²) in [7, 11) is 0. The molecule has 1 unspecified atom stereocenters. The number of hydrogen-bond acceptors (Lipinski definition) is 6. The lowest BCUT2D eigenvalue weighted by molar-refractivity contribution is -0.141. The molecule has 5 rings (SSSR count). The maximum atomic E-state index is 13.0. The van der Waals surface area contributed by atoms with E-state index in [1.807, 2.05) is 24.3 Å². The number of nitrogens with zero attached hydrogens (tertiary/aromatic N) is 1. The fourth-order valence-electron chi connectivity index (χ4n) is 4.73. The van der Waals surface area contributed by atoms with Crippen molar-refractivity contribution in [3.8, 4) is 0 Å². The van der Waals surface area contributed by atoms with E-state index in [1.54, 1.807) is 42.5 Å². The highest BCUT2D eigenvalue weighted by molar-refractivity contribution is 6.24. The van der Waals surface area contributed by atoms with Crippen LogP contribution < -0.4 is 21.7 Å². The first-order valence-corrected chi connectivity index (χ1v) is 11.7. The fourth-order valence-corrected chi connectivity index (χ4v) is 4.73. The van der Waals surface area contributed by atoms with E-state index < -0.39 is 23.8 Å². The summed E-state index contributed by atoms with van der Waals surface area (Å²) in [5.41, 5.74) is 16.7. The summed E-state index contributed by atoms with van der Waals surface area (Å²) in [6.07, 6.45) is 0.406. The molecule has 6 N–H and O–H groups in total. The second kappa shape index (κ2) is 9.27. The third-order valence-corrected chi connectivity index (χ3v) is 6.67. The second-order valence-electron chi connectivity index (χ2n) is 9.09. The number of hydrogen-bond donors (Lipinski definition) is 4. The van der Waals surface area contributed by atoms with Crippen LogP contribution in [0.15, 0.2) is 72.3 Å². The van der Waals surface area contributed by atoms with E-state index in [2.05, 4.69) is 5.32 Å². The molecular weight excluding hydrogens is 472 g/mol. The summed E-state index contributed by atoms with van der Waals surface area (Å²) >= 11 is 0. The predicted octanol–water partition coefficient (Wildman–Crippen LogP) is 2.04. The highest BCUT2D eigenvalue weighted by Crippen LogP contribution is 2.30. The van der Waals surface area contributed by atoms with Gasteiger partial charge < -0.3 is 21.9 Å². The van der Waals surface area contributed by atoms with Crippen LogP contribution in [0.3, 0.4) is 0 Å². The summed E-state index contributed by atoms with van der Waals surface area (Å²) in [5.74, 6) is -2.55. The Morgan fingerprint density at radius 3 is 2.32 bits per heavy atom. The lowest BCUT2D eigenvalue weighted by Crippen LogP contribution is -2.43. The molecule has 3 amide bonds. The molecular formula is C28H24N4O5. The topological polar surface area (TPSA) is 156 Å². The van der Waals surface area contributed by atoms with Gasteiger partial charge in [0.25, 0.3) is 5.91 Å². The third-order valence-electron chi connectivity index (χ3n) is 6.67. The van der Waals surface area contributed by atoms with Gasteiger partial charge in [0.05, 0.1) is 12.1 Å². The van der Waals surface area contributed by atoms with Crippen LogP contribution in [0.1, 0.15) is 32.6 Å². The Hall–Kier alpha value is -4.92. The Balaban J connectivity index is 1.31. The molecule has 1 atom stereocenters. The van der Waals surface area contributed by atoms with Gasteiger partial charge in [0.2, 0.25) is 11.8 Å². The Bertz CT molecular complexity index is 1490. The molecule has 1 heterocycles. The quantitative estimate of drug-likeness (QED) is 0.301. The van der Waals surface area contributed by atoms with Crippen molar-refractivity contribution in [2.24, 2.45) is 5.73 Å². The summed E-state index contributed by atoms with van der Waals surface area (Å²) in [4.78, 5) is 51.6. The summed E-state index contributed by atoms with van der Waals surface area (Å²) in [5, 5.41) is 12.3. The number of nitrogen functional groups attached to an aromatic ring is 1. The monoisotopic (exact) mass is 496 g/mol. The molecule has 0 fully saturated rings. The van der Waals surface area contributed by atoms with Crippen LogP contribution in [0.4, 0.5) is 11.4 Å². The molecule has 2 aliphatic rings. The van der Waals surface area contributed by atoms with Crippen LogP contribution in [0, 0.1) is 0 Å². The lowest BCUT2D eigenvalue weighted by Gasteiger charge is -2.27. The van der Waals surface area contributed by atoms with E-state index in [0.29, 0.717) is 45.8 Å². The molecule has 1 aliphatic heterocycles. The first-order chi connectivity index (χ1) is 17.7. The Morgan fingerprint density at radius 2 is 1.62 bits per heavy atom. The van der Waals surface area contributed by atoms with Crippen molar-refractivity contribution in [2.45, 2.75) is 25.3 Å². The van der Waals surface area contributed by atoms with Crippen LogP contribution in [0.2, 0.25) is 0 Å². The summed E-state index contributed by atoms with van der Waals surface area (Å²) in [6.45, 7) is 0. The number of amides is 3. The molecule has 0 aromatic heterocycles. The van der Waals surface area contributed by atoms with Crippen LogP contribution in [0.5, 0.6) is 0 Å². The molecule has 0 saturated heterocycles. The van der Waals surface area contributed by atoms with Crippen LogP contribution in [-0.2, 0) is 33.6 Å². The molecule has 1 aliphatic carbocycles. The fraction of sp³-hybridized carbons (Fsp3) is 0.143. The highest BCUT2D eigenvalue weighted by atomic mass is 16.4. The predicted molar refractivity (Wildman–Crippen MR) is 137 cm³/mol. The van der Waals surface area contributed by atoms with E-state index in [4.69, 9.17) is 11.5 Å². The Kier molecular flexibility index (Phi) is 5.96. The van der Waals surface area contributed by atoms with Gasteiger partial charge in [-0.25, -0.2) is 9.69 Å². The minimum Gasteiger partial charge on any atom is -0.480 e. The molecule has 3 aromatic carbocycles. The zero-order chi connectivity index (χ0) is 26.3. The molecule has 3 aromatic rings. The minimum absolute atomic E-state index is 0.00272. The van der Waals surface area contributed by atoms with Crippen molar-refractivity contribution in [3.05, 3.63) is 100 Å².